The molecule has 1 aromatic rings. The number of aryl methyl sites for hydroxylation is 1. The molecule has 2 atom stereocenters. The lowest BCUT2D eigenvalue weighted by molar-refractivity contribution is -0.385. The van der Waals surface area contributed by atoms with Crippen LogP contribution in [0.5, 0.6) is 0 Å². The standard InChI is InChI=1S/C15H24N2O4/c1-11-5-6-13(9-14(11)17(19)20)12(2)16-10-15(3,18)7-8-21-4/h5-6,9,12,16,18H,7-8,10H2,1-4H3. The maximum atomic E-state index is 11.0. The predicted molar refractivity (Wildman–Crippen MR) is 81.4 cm³/mol. The van der Waals surface area contributed by atoms with Crippen molar-refractivity contribution in [2.45, 2.75) is 38.8 Å². The summed E-state index contributed by atoms with van der Waals surface area (Å²) in [5, 5.41) is 24.3. The van der Waals surface area contributed by atoms with Crippen LogP contribution in [0.2, 0.25) is 0 Å². The summed E-state index contributed by atoms with van der Waals surface area (Å²) >= 11 is 0. The summed E-state index contributed by atoms with van der Waals surface area (Å²) in [5.41, 5.74) is 0.714. The SMILES string of the molecule is COCCC(C)(O)CNC(C)c1ccc(C)c([N+](=O)[O-])c1. The van der Waals surface area contributed by atoms with Crippen LogP contribution in [-0.4, -0.2) is 35.9 Å². The molecular weight excluding hydrogens is 272 g/mol. The van der Waals surface area contributed by atoms with E-state index in [2.05, 4.69) is 5.32 Å². The minimum Gasteiger partial charge on any atom is -0.389 e. The first kappa shape index (κ1) is 17.6. The topological polar surface area (TPSA) is 84.6 Å². The maximum absolute atomic E-state index is 11.0. The Morgan fingerprint density at radius 2 is 2.19 bits per heavy atom. The van der Waals surface area contributed by atoms with Crippen molar-refractivity contribution in [2.75, 3.05) is 20.3 Å². The Morgan fingerprint density at radius 3 is 2.76 bits per heavy atom. The third-order valence-electron chi connectivity index (χ3n) is 3.56. The minimum absolute atomic E-state index is 0.0849. The molecule has 0 saturated heterocycles. The zero-order valence-electron chi connectivity index (χ0n) is 13.0. The number of hydrogen-bond donors (Lipinski definition) is 2. The molecule has 0 aromatic heterocycles. The molecule has 1 aromatic carbocycles. The number of nitro groups is 1. The van der Waals surface area contributed by atoms with Crippen LogP contribution >= 0.6 is 0 Å². The van der Waals surface area contributed by atoms with E-state index in [4.69, 9.17) is 4.74 Å². The van der Waals surface area contributed by atoms with Gasteiger partial charge in [0.1, 0.15) is 0 Å². The molecule has 21 heavy (non-hydrogen) atoms. The van der Waals surface area contributed by atoms with E-state index < -0.39 is 5.60 Å². The van der Waals surface area contributed by atoms with E-state index >= 15 is 0 Å². The highest BCUT2D eigenvalue weighted by Crippen LogP contribution is 2.23. The van der Waals surface area contributed by atoms with Gasteiger partial charge in [-0.2, -0.15) is 0 Å². The van der Waals surface area contributed by atoms with Crippen molar-refractivity contribution in [3.05, 3.63) is 39.4 Å². The van der Waals surface area contributed by atoms with Gasteiger partial charge in [-0.25, -0.2) is 0 Å². The molecule has 118 valence electrons. The van der Waals surface area contributed by atoms with Crippen molar-refractivity contribution in [2.24, 2.45) is 0 Å². The monoisotopic (exact) mass is 296 g/mol. The van der Waals surface area contributed by atoms with Gasteiger partial charge in [0.25, 0.3) is 5.69 Å². The van der Waals surface area contributed by atoms with Gasteiger partial charge < -0.3 is 15.2 Å². The average Bonchev–Trinajstić information content (AvgIpc) is 2.43. The molecule has 0 aliphatic rings. The summed E-state index contributed by atoms with van der Waals surface area (Å²) < 4.78 is 4.96. The van der Waals surface area contributed by atoms with Gasteiger partial charge in [0, 0.05) is 44.4 Å². The van der Waals surface area contributed by atoms with Crippen LogP contribution < -0.4 is 5.32 Å². The number of aliphatic hydroxyl groups is 1. The van der Waals surface area contributed by atoms with Crippen LogP contribution in [0.4, 0.5) is 5.69 Å². The van der Waals surface area contributed by atoms with E-state index in [9.17, 15) is 15.2 Å². The summed E-state index contributed by atoms with van der Waals surface area (Å²) in [6.07, 6.45) is 0.525. The first-order chi connectivity index (χ1) is 9.76. The summed E-state index contributed by atoms with van der Waals surface area (Å²) in [6, 6.07) is 5.11. The lowest BCUT2D eigenvalue weighted by Crippen LogP contribution is -2.39. The Bertz CT molecular complexity index is 489. The van der Waals surface area contributed by atoms with Gasteiger partial charge in [-0.1, -0.05) is 12.1 Å². The number of hydrogen-bond acceptors (Lipinski definition) is 5. The smallest absolute Gasteiger partial charge is 0.272 e. The maximum Gasteiger partial charge on any atom is 0.272 e. The Labute approximate surface area is 125 Å². The minimum atomic E-state index is -0.874. The van der Waals surface area contributed by atoms with Crippen LogP contribution in [0.1, 0.15) is 37.4 Å². The second-order valence-corrected chi connectivity index (χ2v) is 5.65. The predicted octanol–water partition coefficient (Wildman–Crippen LogP) is 2.34. The molecule has 0 amide bonds. The Hall–Kier alpha value is -1.50. The molecule has 0 aliphatic carbocycles. The lowest BCUT2D eigenvalue weighted by Gasteiger charge is -2.26. The van der Waals surface area contributed by atoms with Gasteiger partial charge in [0.05, 0.1) is 10.5 Å². The number of nitrogens with one attached hydrogen (secondary N) is 1. The van der Waals surface area contributed by atoms with E-state index in [1.54, 1.807) is 33.1 Å². The fraction of sp³-hybridized carbons (Fsp3) is 0.600. The third-order valence-corrected chi connectivity index (χ3v) is 3.56. The number of nitro benzene ring substituents is 1. The van der Waals surface area contributed by atoms with Crippen LogP contribution in [0, 0.1) is 17.0 Å². The molecule has 0 spiro atoms. The van der Waals surface area contributed by atoms with Crippen LogP contribution in [0.25, 0.3) is 0 Å². The van der Waals surface area contributed by atoms with E-state index in [0.717, 1.165) is 5.56 Å². The summed E-state index contributed by atoms with van der Waals surface area (Å²) in [6.45, 7) is 6.25. The number of methoxy groups -OCH3 is 1. The van der Waals surface area contributed by atoms with Gasteiger partial charge in [-0.3, -0.25) is 10.1 Å². The first-order valence-corrected chi connectivity index (χ1v) is 6.96. The Morgan fingerprint density at radius 1 is 1.52 bits per heavy atom. The summed E-state index contributed by atoms with van der Waals surface area (Å²) in [5.74, 6) is 0. The summed E-state index contributed by atoms with van der Waals surface area (Å²) in [4.78, 5) is 10.6. The third kappa shape index (κ3) is 5.41. The molecule has 1 rings (SSSR count). The van der Waals surface area contributed by atoms with Crippen molar-refractivity contribution in [1.29, 1.82) is 0 Å². The Balaban J connectivity index is 2.70. The van der Waals surface area contributed by atoms with Crippen molar-refractivity contribution in [1.82, 2.24) is 5.32 Å². The van der Waals surface area contributed by atoms with Gasteiger partial charge in [-0.05, 0) is 26.3 Å². The molecule has 2 N–H and O–H groups in total. The fourth-order valence-electron chi connectivity index (χ4n) is 1.99. The molecule has 6 heteroatoms. The van der Waals surface area contributed by atoms with Gasteiger partial charge >= 0.3 is 0 Å². The van der Waals surface area contributed by atoms with Crippen molar-refractivity contribution < 1.29 is 14.8 Å². The van der Waals surface area contributed by atoms with Crippen molar-refractivity contribution in [3.8, 4) is 0 Å². The van der Waals surface area contributed by atoms with Gasteiger partial charge in [0.2, 0.25) is 0 Å². The van der Waals surface area contributed by atoms with Gasteiger partial charge in [-0.15, -0.1) is 0 Å². The second-order valence-electron chi connectivity index (χ2n) is 5.65. The highest BCUT2D eigenvalue weighted by atomic mass is 16.6. The largest absolute Gasteiger partial charge is 0.389 e. The zero-order chi connectivity index (χ0) is 16.0. The molecule has 6 nitrogen and oxygen atoms in total. The van der Waals surface area contributed by atoms with E-state index in [0.29, 0.717) is 25.1 Å². The molecule has 2 unspecified atom stereocenters. The van der Waals surface area contributed by atoms with Crippen LogP contribution in [0.3, 0.4) is 0 Å². The number of ether oxygens (including phenoxy) is 1. The highest BCUT2D eigenvalue weighted by Gasteiger charge is 2.21. The number of rotatable bonds is 8. The molecule has 0 bridgehead atoms. The molecule has 0 fully saturated rings. The molecule has 0 aliphatic heterocycles. The fourth-order valence-corrected chi connectivity index (χ4v) is 1.99. The molecule has 0 heterocycles. The Kier molecular flexibility index (Phi) is 6.26. The van der Waals surface area contributed by atoms with E-state index in [1.807, 2.05) is 13.0 Å². The number of benzene rings is 1. The molecule has 0 saturated carbocycles. The normalized spacial score (nSPS) is 15.5. The van der Waals surface area contributed by atoms with E-state index in [-0.39, 0.29) is 16.7 Å². The lowest BCUT2D eigenvalue weighted by atomic mass is 10.0. The first-order valence-electron chi connectivity index (χ1n) is 6.96. The van der Waals surface area contributed by atoms with Crippen molar-refractivity contribution in [3.63, 3.8) is 0 Å². The molecule has 0 radical (unpaired) electrons. The zero-order valence-corrected chi connectivity index (χ0v) is 13.0. The van der Waals surface area contributed by atoms with Gasteiger partial charge in [0.15, 0.2) is 0 Å². The average molecular weight is 296 g/mol. The van der Waals surface area contributed by atoms with Crippen LogP contribution in [0.15, 0.2) is 18.2 Å². The highest BCUT2D eigenvalue weighted by molar-refractivity contribution is 5.43. The van der Waals surface area contributed by atoms with Crippen LogP contribution in [-0.2, 0) is 4.74 Å². The molecular formula is C15H24N2O4. The van der Waals surface area contributed by atoms with E-state index in [1.165, 1.54) is 0 Å². The second kappa shape index (κ2) is 7.49. The van der Waals surface area contributed by atoms with Crippen molar-refractivity contribution >= 4 is 5.69 Å². The quantitative estimate of drug-likeness (QED) is 0.568. The number of nitrogens with zero attached hydrogens (tertiary/aromatic N) is 1. The summed E-state index contributed by atoms with van der Waals surface area (Å²) in [7, 11) is 1.59.